The van der Waals surface area contributed by atoms with E-state index in [0.717, 1.165) is 4.47 Å². The molecular formula is C7H4Br3NO2. The van der Waals surface area contributed by atoms with Crippen molar-refractivity contribution in [2.75, 3.05) is 0 Å². The Hall–Kier alpha value is -0.0700. The Morgan fingerprint density at radius 1 is 1.38 bits per heavy atom. The van der Waals surface area contributed by atoms with Gasteiger partial charge >= 0.3 is 0 Å². The van der Waals surface area contributed by atoms with Crippen molar-refractivity contribution in [3.05, 3.63) is 26.6 Å². The van der Waals surface area contributed by atoms with Crippen molar-refractivity contribution in [3.8, 4) is 5.75 Å². The van der Waals surface area contributed by atoms with E-state index in [0.29, 0.717) is 15.8 Å². The Balaban J connectivity index is 3.38. The highest BCUT2D eigenvalue weighted by atomic mass is 79.9. The van der Waals surface area contributed by atoms with Gasteiger partial charge in [-0.25, -0.2) is 0 Å². The van der Waals surface area contributed by atoms with Crippen LogP contribution in [0, 0.1) is 0 Å². The summed E-state index contributed by atoms with van der Waals surface area (Å²) in [5, 5.41) is 0. The molecule has 1 rings (SSSR count). The quantitative estimate of drug-likeness (QED) is 0.866. The number of nitrogens with two attached hydrogens (primary N) is 1. The zero-order chi connectivity index (χ0) is 10.0. The molecule has 2 N–H and O–H groups in total. The Morgan fingerprint density at radius 2 is 2.00 bits per heavy atom. The monoisotopic (exact) mass is 371 g/mol. The molecule has 0 unspecified atom stereocenters. The van der Waals surface area contributed by atoms with Crippen LogP contribution in [0.15, 0.2) is 21.1 Å². The average Bonchev–Trinajstić information content (AvgIpc) is 2.09. The minimum Gasteiger partial charge on any atom is -0.416 e. The van der Waals surface area contributed by atoms with Gasteiger partial charge in [-0.05, 0) is 44.0 Å². The SMILES string of the molecule is NC(=O)c1ccc(Br)c(Br)c1OBr. The fourth-order valence-corrected chi connectivity index (χ4v) is 2.09. The van der Waals surface area contributed by atoms with Gasteiger partial charge in [-0.15, -0.1) is 0 Å². The zero-order valence-electron chi connectivity index (χ0n) is 6.18. The molecular weight excluding hydrogens is 370 g/mol. The van der Waals surface area contributed by atoms with Crippen molar-refractivity contribution in [2.45, 2.75) is 0 Å². The molecule has 0 bridgehead atoms. The van der Waals surface area contributed by atoms with Gasteiger partial charge in [0.25, 0.3) is 5.91 Å². The Bertz CT molecular complexity index is 354. The van der Waals surface area contributed by atoms with Crippen LogP contribution in [0.2, 0.25) is 0 Å². The fraction of sp³-hybridized carbons (Fsp3) is 0. The number of rotatable bonds is 2. The number of hydrogen-bond acceptors (Lipinski definition) is 2. The number of benzene rings is 1. The molecule has 1 aromatic carbocycles. The molecule has 1 aromatic rings. The van der Waals surface area contributed by atoms with Crippen LogP contribution >= 0.6 is 48.1 Å². The van der Waals surface area contributed by atoms with E-state index in [1.165, 1.54) is 0 Å². The molecule has 0 fully saturated rings. The highest BCUT2D eigenvalue weighted by Crippen LogP contribution is 2.36. The topological polar surface area (TPSA) is 52.3 Å². The number of amides is 1. The molecule has 0 heterocycles. The molecule has 0 radical (unpaired) electrons. The second-order valence-electron chi connectivity index (χ2n) is 2.18. The summed E-state index contributed by atoms with van der Waals surface area (Å²) in [5.74, 6) is -0.176. The van der Waals surface area contributed by atoms with Crippen LogP contribution in [-0.4, -0.2) is 5.91 Å². The van der Waals surface area contributed by atoms with Crippen molar-refractivity contribution in [1.82, 2.24) is 0 Å². The summed E-state index contributed by atoms with van der Waals surface area (Å²) in [5.41, 5.74) is 5.45. The number of hydrogen-bond donors (Lipinski definition) is 1. The molecule has 0 saturated carbocycles. The second-order valence-corrected chi connectivity index (χ2v) is 4.15. The maximum absolute atomic E-state index is 10.9. The summed E-state index contributed by atoms with van der Waals surface area (Å²) >= 11 is 9.32. The molecule has 6 heteroatoms. The van der Waals surface area contributed by atoms with Gasteiger partial charge in [-0.3, -0.25) is 4.79 Å². The van der Waals surface area contributed by atoms with Crippen LogP contribution in [0.25, 0.3) is 0 Å². The minimum absolute atomic E-state index is 0.312. The Morgan fingerprint density at radius 3 is 2.46 bits per heavy atom. The van der Waals surface area contributed by atoms with Gasteiger partial charge in [0.05, 0.1) is 10.0 Å². The van der Waals surface area contributed by atoms with Gasteiger partial charge in [-0.2, -0.15) is 0 Å². The number of primary amides is 1. The number of carbonyl (C=O) groups excluding carboxylic acids is 1. The predicted molar refractivity (Wildman–Crippen MR) is 59.9 cm³/mol. The van der Waals surface area contributed by atoms with E-state index in [9.17, 15) is 4.79 Å². The van der Waals surface area contributed by atoms with Crippen molar-refractivity contribution in [3.63, 3.8) is 0 Å². The number of carbonyl (C=O) groups is 1. The van der Waals surface area contributed by atoms with Gasteiger partial charge in [-0.1, -0.05) is 0 Å². The lowest BCUT2D eigenvalue weighted by atomic mass is 10.2. The Labute approximate surface area is 100 Å². The van der Waals surface area contributed by atoms with Crippen LogP contribution in [0.3, 0.4) is 0 Å². The van der Waals surface area contributed by atoms with Crippen LogP contribution in [0.4, 0.5) is 0 Å². The van der Waals surface area contributed by atoms with E-state index < -0.39 is 5.91 Å². The third-order valence-electron chi connectivity index (χ3n) is 1.39. The van der Waals surface area contributed by atoms with Gasteiger partial charge < -0.3 is 9.56 Å². The largest absolute Gasteiger partial charge is 0.416 e. The molecule has 70 valence electrons. The van der Waals surface area contributed by atoms with Gasteiger partial charge in [0.2, 0.25) is 0 Å². The maximum Gasteiger partial charge on any atom is 0.252 e. The summed E-state index contributed by atoms with van der Waals surface area (Å²) in [6.07, 6.45) is 0. The lowest BCUT2D eigenvalue weighted by Crippen LogP contribution is -2.11. The average molecular weight is 374 g/mol. The van der Waals surface area contributed by atoms with E-state index >= 15 is 0 Å². The first kappa shape index (κ1) is 11.0. The molecule has 13 heavy (non-hydrogen) atoms. The lowest BCUT2D eigenvalue weighted by molar-refractivity contribution is 0.0999. The smallest absolute Gasteiger partial charge is 0.252 e. The maximum atomic E-state index is 10.9. The van der Waals surface area contributed by atoms with Crippen molar-refractivity contribution in [1.29, 1.82) is 0 Å². The first-order chi connectivity index (χ1) is 6.07. The zero-order valence-corrected chi connectivity index (χ0v) is 10.9. The van der Waals surface area contributed by atoms with Gasteiger partial charge in [0.1, 0.15) is 0 Å². The molecule has 0 saturated heterocycles. The summed E-state index contributed by atoms with van der Waals surface area (Å²) in [6.45, 7) is 0. The summed E-state index contributed by atoms with van der Waals surface area (Å²) in [7, 11) is 0. The summed E-state index contributed by atoms with van der Waals surface area (Å²) in [6, 6.07) is 3.29. The van der Waals surface area contributed by atoms with Crippen LogP contribution < -0.4 is 9.56 Å². The predicted octanol–water partition coefficient (Wildman–Crippen LogP) is 3.00. The molecule has 1 amide bonds. The second kappa shape index (κ2) is 4.43. The Kier molecular flexibility index (Phi) is 3.75. The van der Waals surface area contributed by atoms with E-state index in [-0.39, 0.29) is 0 Å². The first-order valence-corrected chi connectivity index (χ1v) is 5.37. The van der Waals surface area contributed by atoms with E-state index in [1.54, 1.807) is 12.1 Å². The lowest BCUT2D eigenvalue weighted by Gasteiger charge is -2.06. The third kappa shape index (κ3) is 2.24. The molecule has 0 aliphatic heterocycles. The molecule has 0 aliphatic carbocycles. The fourth-order valence-electron chi connectivity index (χ4n) is 0.801. The highest BCUT2D eigenvalue weighted by molar-refractivity contribution is 9.13. The first-order valence-electron chi connectivity index (χ1n) is 3.14. The van der Waals surface area contributed by atoms with Crippen LogP contribution in [0.5, 0.6) is 5.75 Å². The molecule has 0 atom stereocenters. The standard InChI is InChI=1S/C7H4Br3NO2/c8-4-2-1-3(7(11)12)6(13-10)5(4)9/h1-2H,(H2,11,12). The third-order valence-corrected chi connectivity index (χ3v) is 3.70. The van der Waals surface area contributed by atoms with E-state index in [2.05, 4.69) is 48.1 Å². The minimum atomic E-state index is -0.539. The summed E-state index contributed by atoms with van der Waals surface area (Å²) < 4.78 is 6.28. The summed E-state index contributed by atoms with van der Waals surface area (Å²) in [4.78, 5) is 10.9. The molecule has 3 nitrogen and oxygen atoms in total. The van der Waals surface area contributed by atoms with Crippen molar-refractivity contribution < 1.29 is 8.62 Å². The molecule has 0 aliphatic rings. The van der Waals surface area contributed by atoms with Gasteiger partial charge in [0, 0.05) is 4.47 Å². The molecule has 0 aromatic heterocycles. The highest BCUT2D eigenvalue weighted by Gasteiger charge is 2.14. The van der Waals surface area contributed by atoms with Gasteiger partial charge in [0.15, 0.2) is 22.0 Å². The van der Waals surface area contributed by atoms with E-state index in [1.807, 2.05) is 0 Å². The van der Waals surface area contributed by atoms with Crippen molar-refractivity contribution in [2.24, 2.45) is 5.73 Å². The van der Waals surface area contributed by atoms with Crippen LogP contribution in [-0.2, 0) is 0 Å². The normalized spacial score (nSPS) is 9.77. The molecule has 0 spiro atoms. The number of halogens is 3. The van der Waals surface area contributed by atoms with Crippen molar-refractivity contribution >= 4 is 54.0 Å². The van der Waals surface area contributed by atoms with E-state index in [4.69, 9.17) is 9.56 Å². The van der Waals surface area contributed by atoms with Crippen LogP contribution in [0.1, 0.15) is 10.4 Å².